The Morgan fingerprint density at radius 2 is 1.86 bits per heavy atom. The summed E-state index contributed by atoms with van der Waals surface area (Å²) in [6.45, 7) is 8.81. The number of alkyl carbamates (subject to hydrolysis) is 1. The molecule has 42 heavy (non-hydrogen) atoms. The number of fused-ring (bicyclic) bond motifs is 1. The van der Waals surface area contributed by atoms with Gasteiger partial charge in [-0.15, -0.1) is 0 Å². The Morgan fingerprint density at radius 3 is 2.50 bits per heavy atom. The first kappa shape index (κ1) is 31.4. The van der Waals surface area contributed by atoms with Crippen LogP contribution in [0.4, 0.5) is 22.8 Å². The third kappa shape index (κ3) is 7.46. The molecular weight excluding hydrogens is 593 g/mol. The summed E-state index contributed by atoms with van der Waals surface area (Å²) in [6.07, 6.45) is -2.10. The lowest BCUT2D eigenvalue weighted by Gasteiger charge is -2.28. The molecule has 1 fully saturated rings. The number of aromatic nitrogens is 2. The predicted octanol–water partition coefficient (Wildman–Crippen LogP) is 7.34. The summed E-state index contributed by atoms with van der Waals surface area (Å²) in [4.78, 5) is 39.5. The van der Waals surface area contributed by atoms with Gasteiger partial charge in [-0.3, -0.25) is 19.2 Å². The maximum Gasteiger partial charge on any atom is 0.416 e. The van der Waals surface area contributed by atoms with Crippen LogP contribution in [0.3, 0.4) is 0 Å². The fourth-order valence-corrected chi connectivity index (χ4v) is 5.34. The first-order valence-electron chi connectivity index (χ1n) is 13.1. The number of thioether (sulfide) groups is 1. The molecule has 3 amide bonds. The second-order valence-corrected chi connectivity index (χ2v) is 12.6. The Labute approximate surface area is 250 Å². The van der Waals surface area contributed by atoms with Crippen molar-refractivity contribution in [1.82, 2.24) is 20.0 Å². The lowest BCUT2D eigenvalue weighted by molar-refractivity contribution is -0.138. The van der Waals surface area contributed by atoms with Crippen molar-refractivity contribution in [2.45, 2.75) is 59.0 Å². The molecule has 1 aliphatic rings. The molecule has 13 heteroatoms. The summed E-state index contributed by atoms with van der Waals surface area (Å²) in [6, 6.07) is 8.23. The molecule has 4 rings (SSSR count). The van der Waals surface area contributed by atoms with Crippen LogP contribution in [-0.2, 0) is 22.3 Å². The van der Waals surface area contributed by atoms with Crippen molar-refractivity contribution in [2.75, 3.05) is 6.54 Å². The number of nitrogens with zero attached hydrogens (tertiary/aromatic N) is 3. The van der Waals surface area contributed by atoms with Crippen molar-refractivity contribution in [1.29, 1.82) is 0 Å². The van der Waals surface area contributed by atoms with E-state index in [9.17, 15) is 27.6 Å². The van der Waals surface area contributed by atoms with Crippen LogP contribution in [-0.4, -0.2) is 50.1 Å². The van der Waals surface area contributed by atoms with Gasteiger partial charge in [0.25, 0.3) is 11.1 Å². The van der Waals surface area contributed by atoms with Gasteiger partial charge in [0, 0.05) is 10.4 Å². The number of halogens is 4. The fraction of sp³-hybridized carbons (Fsp3) is 0.379. The minimum atomic E-state index is -4.57. The Hall–Kier alpha value is -3.51. The minimum Gasteiger partial charge on any atom is -0.444 e. The van der Waals surface area contributed by atoms with Crippen molar-refractivity contribution in [3.05, 3.63) is 69.2 Å². The third-order valence-corrected chi connectivity index (χ3v) is 7.56. The fourth-order valence-electron chi connectivity index (χ4n) is 4.32. The molecule has 0 spiro atoms. The molecule has 8 nitrogen and oxygen atoms in total. The molecule has 0 radical (unpaired) electrons. The van der Waals surface area contributed by atoms with Gasteiger partial charge < -0.3 is 10.1 Å². The molecular formula is C29H30ClF3N4O4S. The highest BCUT2D eigenvalue weighted by Gasteiger charge is 2.38. The second-order valence-electron chi connectivity index (χ2n) is 11.2. The van der Waals surface area contributed by atoms with E-state index < -0.39 is 40.6 Å². The molecule has 0 unspecified atom stereocenters. The minimum absolute atomic E-state index is 0.00974. The van der Waals surface area contributed by atoms with Crippen molar-refractivity contribution in [3.8, 4) is 0 Å². The number of hydrogen-bond acceptors (Lipinski definition) is 6. The lowest BCUT2D eigenvalue weighted by Crippen LogP contribution is -2.49. The van der Waals surface area contributed by atoms with Gasteiger partial charge in [0.15, 0.2) is 0 Å². The summed E-state index contributed by atoms with van der Waals surface area (Å²) in [5.74, 6) is -0.574. The van der Waals surface area contributed by atoms with Gasteiger partial charge in [0.2, 0.25) is 0 Å². The van der Waals surface area contributed by atoms with Gasteiger partial charge in [-0.2, -0.15) is 18.3 Å². The number of carbonyl (C=O) groups excluding carboxylic acids is 3. The van der Waals surface area contributed by atoms with Crippen LogP contribution in [0.25, 0.3) is 17.0 Å². The number of rotatable bonds is 7. The van der Waals surface area contributed by atoms with Gasteiger partial charge in [0.1, 0.15) is 5.60 Å². The molecule has 0 saturated carbocycles. The van der Waals surface area contributed by atoms with Crippen molar-refractivity contribution >= 4 is 57.6 Å². The Bertz CT molecular complexity index is 1560. The largest absolute Gasteiger partial charge is 0.444 e. The van der Waals surface area contributed by atoms with E-state index >= 15 is 0 Å². The molecule has 2 aromatic carbocycles. The average Bonchev–Trinajstić information content (AvgIpc) is 3.37. The highest BCUT2D eigenvalue weighted by molar-refractivity contribution is 8.18. The van der Waals surface area contributed by atoms with Crippen LogP contribution in [0.5, 0.6) is 0 Å². The average molecular weight is 623 g/mol. The second kappa shape index (κ2) is 12.0. The van der Waals surface area contributed by atoms with E-state index in [2.05, 4.69) is 10.4 Å². The number of hydrogen-bond donors (Lipinski definition) is 1. The molecule has 224 valence electrons. The van der Waals surface area contributed by atoms with E-state index in [0.717, 1.165) is 22.7 Å². The van der Waals surface area contributed by atoms with E-state index in [1.165, 1.54) is 23.0 Å². The number of ether oxygens (including phenoxy) is 1. The number of alkyl halides is 3. The van der Waals surface area contributed by atoms with Gasteiger partial charge >= 0.3 is 12.3 Å². The van der Waals surface area contributed by atoms with Gasteiger partial charge in [-0.25, -0.2) is 4.79 Å². The van der Waals surface area contributed by atoms with E-state index in [-0.39, 0.29) is 34.5 Å². The molecule has 0 bridgehead atoms. The Kier molecular flexibility index (Phi) is 8.98. The summed E-state index contributed by atoms with van der Waals surface area (Å²) in [5, 5.41) is 7.18. The standard InChI is InChI=1S/C29H30ClF3N4O4S/c1-16(2)22(35-26(39)41-28(3,4)5)15-36-25(38)24(42-27(36)40)11-17-6-9-23-19(10-17)13-34-37(23)14-18-7-8-20(30)12-21(18)29(31,32)33/h6-13,16,22H,14-15H2,1-5H3,(H,35,39)/t22-/m1/s1. The molecule has 1 saturated heterocycles. The van der Waals surface area contributed by atoms with Crippen LogP contribution in [0.2, 0.25) is 5.02 Å². The van der Waals surface area contributed by atoms with Gasteiger partial charge in [-0.1, -0.05) is 37.6 Å². The Balaban J connectivity index is 1.51. The zero-order valence-corrected chi connectivity index (χ0v) is 25.2. The van der Waals surface area contributed by atoms with Crippen LogP contribution >= 0.6 is 23.4 Å². The van der Waals surface area contributed by atoms with Crippen LogP contribution < -0.4 is 5.32 Å². The number of carbonyl (C=O) groups is 3. The highest BCUT2D eigenvalue weighted by atomic mass is 35.5. The molecule has 3 aromatic rings. The van der Waals surface area contributed by atoms with Crippen molar-refractivity contribution < 1.29 is 32.3 Å². The lowest BCUT2D eigenvalue weighted by atomic mass is 10.0. The number of amides is 3. The highest BCUT2D eigenvalue weighted by Crippen LogP contribution is 2.35. The summed E-state index contributed by atoms with van der Waals surface area (Å²) in [5.41, 5.74) is -0.294. The molecule has 1 N–H and O–H groups in total. The van der Waals surface area contributed by atoms with E-state index in [4.69, 9.17) is 16.3 Å². The number of benzene rings is 2. The smallest absolute Gasteiger partial charge is 0.416 e. The van der Waals surface area contributed by atoms with Crippen LogP contribution in [0.1, 0.15) is 51.3 Å². The summed E-state index contributed by atoms with van der Waals surface area (Å²) >= 11 is 6.59. The SMILES string of the molecule is CC(C)[C@@H](CN1C(=O)SC(=Cc2ccc3c(cnn3Cc3ccc(Cl)cc3C(F)(F)F)c2)C1=O)NC(=O)OC(C)(C)C. The first-order valence-corrected chi connectivity index (χ1v) is 14.3. The normalized spacial score (nSPS) is 16.1. The molecule has 1 aromatic heterocycles. The maximum absolute atomic E-state index is 13.6. The van der Waals surface area contributed by atoms with Crippen molar-refractivity contribution in [3.63, 3.8) is 0 Å². The van der Waals surface area contributed by atoms with Crippen molar-refractivity contribution in [2.24, 2.45) is 5.92 Å². The Morgan fingerprint density at radius 1 is 1.14 bits per heavy atom. The van der Waals surface area contributed by atoms with E-state index in [0.29, 0.717) is 16.5 Å². The molecule has 2 heterocycles. The van der Waals surface area contributed by atoms with E-state index in [1.54, 1.807) is 45.0 Å². The van der Waals surface area contributed by atoms with Crippen LogP contribution in [0.15, 0.2) is 47.5 Å². The van der Waals surface area contributed by atoms with E-state index in [1.807, 2.05) is 13.8 Å². The first-order chi connectivity index (χ1) is 19.5. The predicted molar refractivity (Wildman–Crippen MR) is 156 cm³/mol. The summed E-state index contributed by atoms with van der Waals surface area (Å²) in [7, 11) is 0. The molecule has 1 aliphatic heterocycles. The van der Waals surface area contributed by atoms with Gasteiger partial charge in [-0.05, 0) is 79.9 Å². The topological polar surface area (TPSA) is 93.5 Å². The molecule has 0 aliphatic carbocycles. The molecule has 1 atom stereocenters. The number of nitrogens with one attached hydrogen (secondary N) is 1. The quantitative estimate of drug-likeness (QED) is 0.277. The number of imide groups is 1. The third-order valence-electron chi connectivity index (χ3n) is 6.42. The van der Waals surface area contributed by atoms with Gasteiger partial charge in [0.05, 0.1) is 41.3 Å². The maximum atomic E-state index is 13.6. The van der Waals surface area contributed by atoms with Crippen LogP contribution in [0, 0.1) is 5.92 Å². The monoisotopic (exact) mass is 622 g/mol. The zero-order chi connectivity index (χ0) is 31.0. The zero-order valence-electron chi connectivity index (χ0n) is 23.6. The summed E-state index contributed by atoms with van der Waals surface area (Å²) < 4.78 is 47.4.